The van der Waals surface area contributed by atoms with Gasteiger partial charge in [-0.15, -0.1) is 0 Å². The van der Waals surface area contributed by atoms with E-state index in [4.69, 9.17) is 0 Å². The molecule has 1 aromatic heterocycles. The van der Waals surface area contributed by atoms with E-state index in [0.29, 0.717) is 13.1 Å². The molecule has 128 valence electrons. The van der Waals surface area contributed by atoms with Gasteiger partial charge >= 0.3 is 6.03 Å². The highest BCUT2D eigenvalue weighted by Crippen LogP contribution is 2.10. The van der Waals surface area contributed by atoms with Crippen LogP contribution in [0.4, 0.5) is 10.7 Å². The number of urea groups is 1. The van der Waals surface area contributed by atoms with Gasteiger partial charge in [-0.3, -0.25) is 0 Å². The number of piperazine rings is 1. The summed E-state index contributed by atoms with van der Waals surface area (Å²) in [6, 6.07) is 2.12. The van der Waals surface area contributed by atoms with E-state index < -0.39 is 0 Å². The summed E-state index contributed by atoms with van der Waals surface area (Å²) in [5, 5.41) is 3.12. The SMILES string of the molecule is CCCCCCC(C)NC(=O)N1CCN(c2ncccn2)CC1. The fraction of sp³-hybridized carbons (Fsp3) is 0.706. The zero-order chi connectivity index (χ0) is 16.5. The first-order chi connectivity index (χ1) is 11.2. The number of nitrogens with one attached hydrogen (secondary N) is 1. The van der Waals surface area contributed by atoms with Crippen LogP contribution >= 0.6 is 0 Å². The van der Waals surface area contributed by atoms with Crippen molar-refractivity contribution < 1.29 is 4.79 Å². The van der Waals surface area contributed by atoms with Gasteiger partial charge in [0.1, 0.15) is 0 Å². The number of aromatic nitrogens is 2. The quantitative estimate of drug-likeness (QED) is 0.785. The monoisotopic (exact) mass is 319 g/mol. The highest BCUT2D eigenvalue weighted by atomic mass is 16.2. The molecule has 0 bridgehead atoms. The molecule has 1 aliphatic heterocycles. The molecule has 0 aliphatic carbocycles. The normalized spacial score (nSPS) is 16.3. The summed E-state index contributed by atoms with van der Waals surface area (Å²) in [4.78, 5) is 24.8. The van der Waals surface area contributed by atoms with E-state index >= 15 is 0 Å². The molecule has 23 heavy (non-hydrogen) atoms. The van der Waals surface area contributed by atoms with Crippen molar-refractivity contribution in [3.63, 3.8) is 0 Å². The zero-order valence-electron chi connectivity index (χ0n) is 14.4. The van der Waals surface area contributed by atoms with Crippen molar-refractivity contribution >= 4 is 12.0 Å². The second-order valence-electron chi connectivity index (χ2n) is 6.22. The lowest BCUT2D eigenvalue weighted by Crippen LogP contribution is -2.53. The Hall–Kier alpha value is -1.85. The van der Waals surface area contributed by atoms with Crippen molar-refractivity contribution in [2.45, 2.75) is 52.0 Å². The molecule has 6 heteroatoms. The number of nitrogens with zero attached hydrogens (tertiary/aromatic N) is 4. The number of carbonyl (C=O) groups is 1. The van der Waals surface area contributed by atoms with E-state index in [2.05, 4.69) is 34.0 Å². The van der Waals surface area contributed by atoms with Gasteiger partial charge in [-0.05, 0) is 19.4 Å². The number of amides is 2. The number of rotatable bonds is 7. The molecule has 1 N–H and O–H groups in total. The second kappa shape index (κ2) is 9.33. The van der Waals surface area contributed by atoms with Crippen molar-refractivity contribution in [3.8, 4) is 0 Å². The van der Waals surface area contributed by atoms with Crippen LogP contribution in [0.1, 0.15) is 46.0 Å². The Kier molecular flexibility index (Phi) is 7.10. The van der Waals surface area contributed by atoms with E-state index in [1.807, 2.05) is 11.0 Å². The first-order valence-electron chi connectivity index (χ1n) is 8.78. The first kappa shape index (κ1) is 17.5. The molecule has 2 rings (SSSR count). The maximum atomic E-state index is 12.3. The Morgan fingerprint density at radius 3 is 2.52 bits per heavy atom. The third-order valence-corrected chi connectivity index (χ3v) is 4.26. The van der Waals surface area contributed by atoms with Crippen molar-refractivity contribution in [1.29, 1.82) is 0 Å². The maximum absolute atomic E-state index is 12.3. The fourth-order valence-corrected chi connectivity index (χ4v) is 2.82. The summed E-state index contributed by atoms with van der Waals surface area (Å²) in [7, 11) is 0. The molecule has 6 nitrogen and oxygen atoms in total. The molecule has 0 saturated carbocycles. The summed E-state index contributed by atoms with van der Waals surface area (Å²) < 4.78 is 0. The third kappa shape index (κ3) is 5.69. The summed E-state index contributed by atoms with van der Waals surface area (Å²) in [5.74, 6) is 0.747. The minimum atomic E-state index is 0.0571. The summed E-state index contributed by atoms with van der Waals surface area (Å²) in [5.41, 5.74) is 0. The van der Waals surface area contributed by atoms with Crippen LogP contribution in [-0.4, -0.2) is 53.1 Å². The van der Waals surface area contributed by atoms with Gasteiger partial charge in [-0.25, -0.2) is 14.8 Å². The van der Waals surface area contributed by atoms with Gasteiger partial charge < -0.3 is 15.1 Å². The van der Waals surface area contributed by atoms with Gasteiger partial charge in [0.05, 0.1) is 0 Å². The van der Waals surface area contributed by atoms with Crippen molar-refractivity contribution in [3.05, 3.63) is 18.5 Å². The van der Waals surface area contributed by atoms with E-state index in [1.165, 1.54) is 25.7 Å². The lowest BCUT2D eigenvalue weighted by atomic mass is 10.1. The number of anilines is 1. The summed E-state index contributed by atoms with van der Waals surface area (Å²) in [6.07, 6.45) is 9.54. The second-order valence-corrected chi connectivity index (χ2v) is 6.22. The number of unbranched alkanes of at least 4 members (excludes halogenated alkanes) is 3. The van der Waals surface area contributed by atoms with E-state index in [9.17, 15) is 4.79 Å². The molecule has 0 aromatic carbocycles. The van der Waals surface area contributed by atoms with Gasteiger partial charge in [0.2, 0.25) is 5.95 Å². The molecular weight excluding hydrogens is 290 g/mol. The highest BCUT2D eigenvalue weighted by Gasteiger charge is 2.23. The lowest BCUT2D eigenvalue weighted by molar-refractivity contribution is 0.190. The van der Waals surface area contributed by atoms with Crippen LogP contribution in [0, 0.1) is 0 Å². The largest absolute Gasteiger partial charge is 0.337 e. The number of hydrogen-bond acceptors (Lipinski definition) is 4. The van der Waals surface area contributed by atoms with Crippen LogP contribution in [0.25, 0.3) is 0 Å². The van der Waals surface area contributed by atoms with Crippen molar-refractivity contribution in [2.24, 2.45) is 0 Å². The molecule has 1 unspecified atom stereocenters. The topological polar surface area (TPSA) is 61.4 Å². The number of hydrogen-bond donors (Lipinski definition) is 1. The highest BCUT2D eigenvalue weighted by molar-refractivity contribution is 5.74. The van der Waals surface area contributed by atoms with Gasteiger partial charge in [-0.2, -0.15) is 0 Å². The Morgan fingerprint density at radius 2 is 1.87 bits per heavy atom. The van der Waals surface area contributed by atoms with Gasteiger partial charge in [0.25, 0.3) is 0 Å². The Morgan fingerprint density at radius 1 is 1.17 bits per heavy atom. The predicted molar refractivity (Wildman–Crippen MR) is 92.6 cm³/mol. The smallest absolute Gasteiger partial charge is 0.317 e. The minimum Gasteiger partial charge on any atom is -0.337 e. The average Bonchev–Trinajstić information content (AvgIpc) is 2.59. The molecule has 1 atom stereocenters. The molecule has 1 aliphatic rings. The van der Waals surface area contributed by atoms with Crippen molar-refractivity contribution in [1.82, 2.24) is 20.2 Å². The van der Waals surface area contributed by atoms with Crippen molar-refractivity contribution in [2.75, 3.05) is 31.1 Å². The van der Waals surface area contributed by atoms with Crippen LogP contribution in [-0.2, 0) is 0 Å². The van der Waals surface area contributed by atoms with E-state index in [0.717, 1.165) is 25.5 Å². The molecular formula is C17H29N5O. The zero-order valence-corrected chi connectivity index (χ0v) is 14.4. The Labute approximate surface area is 139 Å². The lowest BCUT2D eigenvalue weighted by Gasteiger charge is -2.35. The van der Waals surface area contributed by atoms with Crippen LogP contribution < -0.4 is 10.2 Å². The molecule has 2 amide bonds. The van der Waals surface area contributed by atoms with Gasteiger partial charge in [-0.1, -0.05) is 32.6 Å². The van der Waals surface area contributed by atoms with Crippen LogP contribution in [0.2, 0.25) is 0 Å². The predicted octanol–water partition coefficient (Wildman–Crippen LogP) is 2.67. The molecule has 1 aromatic rings. The molecule has 1 fully saturated rings. The summed E-state index contributed by atoms with van der Waals surface area (Å²) >= 11 is 0. The maximum Gasteiger partial charge on any atom is 0.317 e. The molecule has 0 radical (unpaired) electrons. The van der Waals surface area contributed by atoms with Crippen LogP contribution in [0.3, 0.4) is 0 Å². The Bertz CT molecular complexity index is 459. The van der Waals surface area contributed by atoms with Crippen LogP contribution in [0.5, 0.6) is 0 Å². The van der Waals surface area contributed by atoms with E-state index in [-0.39, 0.29) is 12.1 Å². The van der Waals surface area contributed by atoms with Gasteiger partial charge in [0, 0.05) is 44.6 Å². The summed E-state index contributed by atoms with van der Waals surface area (Å²) in [6.45, 7) is 7.30. The standard InChI is InChI=1S/C17H29N5O/c1-3-4-5-6-8-15(2)20-17(23)22-13-11-21(12-14-22)16-18-9-7-10-19-16/h7,9-10,15H,3-6,8,11-14H2,1-2H3,(H,20,23). The average molecular weight is 319 g/mol. The first-order valence-corrected chi connectivity index (χ1v) is 8.78. The van der Waals surface area contributed by atoms with E-state index in [1.54, 1.807) is 12.4 Å². The molecule has 0 spiro atoms. The number of carbonyl (C=O) groups excluding carboxylic acids is 1. The third-order valence-electron chi connectivity index (χ3n) is 4.26. The molecule has 1 saturated heterocycles. The fourth-order valence-electron chi connectivity index (χ4n) is 2.82. The Balaban J connectivity index is 1.69. The van der Waals surface area contributed by atoms with Gasteiger partial charge in [0.15, 0.2) is 0 Å². The molecule has 2 heterocycles. The van der Waals surface area contributed by atoms with Crippen LogP contribution in [0.15, 0.2) is 18.5 Å². The minimum absolute atomic E-state index is 0.0571.